The number of esters is 2. The lowest BCUT2D eigenvalue weighted by Gasteiger charge is -2.12. The van der Waals surface area contributed by atoms with Crippen LogP contribution in [0.25, 0.3) is 12.2 Å². The fourth-order valence-electron chi connectivity index (χ4n) is 3.33. The van der Waals surface area contributed by atoms with Gasteiger partial charge in [-0.3, -0.25) is 0 Å². The molecule has 0 aromatic heterocycles. The van der Waals surface area contributed by atoms with Crippen LogP contribution in [-0.4, -0.2) is 11.9 Å². The molecule has 0 spiro atoms. The van der Waals surface area contributed by atoms with Crippen LogP contribution in [-0.2, 0) is 22.4 Å². The predicted octanol–water partition coefficient (Wildman–Crippen LogP) is 6.67. The number of hydrogen-bond donors (Lipinski definition) is 0. The van der Waals surface area contributed by atoms with Crippen molar-refractivity contribution in [3.8, 4) is 11.5 Å². The van der Waals surface area contributed by atoms with Gasteiger partial charge in [0.05, 0.1) is 0 Å². The summed E-state index contributed by atoms with van der Waals surface area (Å²) < 4.78 is 11.0. The van der Waals surface area contributed by atoms with E-state index in [-0.39, 0.29) is 0 Å². The van der Waals surface area contributed by atoms with Crippen LogP contribution >= 0.6 is 0 Å². The summed E-state index contributed by atoms with van der Waals surface area (Å²) in [6.07, 6.45) is 8.20. The first-order valence-electron chi connectivity index (χ1n) is 11.5. The van der Waals surface area contributed by atoms with Gasteiger partial charge >= 0.3 is 11.9 Å². The largest absolute Gasteiger partial charge is 0.423 e. The molecule has 0 amide bonds. The van der Waals surface area contributed by atoms with Crippen LogP contribution in [0.5, 0.6) is 11.5 Å². The van der Waals surface area contributed by atoms with Crippen LogP contribution < -0.4 is 9.47 Å². The summed E-state index contributed by atoms with van der Waals surface area (Å²) in [4.78, 5) is 24.6. The maximum Gasteiger partial charge on any atom is 0.336 e. The third-order valence-electron chi connectivity index (χ3n) is 5.71. The number of hydrogen-bond acceptors (Lipinski definition) is 4. The van der Waals surface area contributed by atoms with Gasteiger partial charge in [-0.05, 0) is 84.4 Å². The van der Waals surface area contributed by atoms with Gasteiger partial charge in [-0.1, -0.05) is 62.4 Å². The van der Waals surface area contributed by atoms with E-state index in [9.17, 15) is 9.59 Å². The Hall–Kier alpha value is -3.92. The van der Waals surface area contributed by atoms with E-state index in [2.05, 4.69) is 13.8 Å². The minimum atomic E-state index is -0.469. The summed E-state index contributed by atoms with van der Waals surface area (Å²) in [6.45, 7) is 7.85. The highest BCUT2D eigenvalue weighted by molar-refractivity contribution is 5.90. The normalized spacial score (nSPS) is 11.2. The summed E-state index contributed by atoms with van der Waals surface area (Å²) in [6, 6.07) is 19.3. The monoisotopic (exact) mass is 454 g/mol. The molecular formula is C30H30O4. The summed E-state index contributed by atoms with van der Waals surface area (Å²) in [5.41, 5.74) is 5.81. The zero-order valence-corrected chi connectivity index (χ0v) is 20.1. The van der Waals surface area contributed by atoms with E-state index in [0.29, 0.717) is 11.5 Å². The lowest BCUT2D eigenvalue weighted by Crippen LogP contribution is -2.08. The quantitative estimate of drug-likeness (QED) is 0.217. The molecule has 0 aliphatic carbocycles. The first kappa shape index (κ1) is 24.7. The lowest BCUT2D eigenvalue weighted by molar-refractivity contribution is -0.130. The zero-order valence-electron chi connectivity index (χ0n) is 20.1. The van der Waals surface area contributed by atoms with E-state index in [4.69, 9.17) is 9.47 Å². The molecule has 34 heavy (non-hydrogen) atoms. The van der Waals surface area contributed by atoms with Crippen LogP contribution in [0.1, 0.15) is 47.2 Å². The highest BCUT2D eigenvalue weighted by Gasteiger charge is 2.12. The molecule has 0 N–H and O–H groups in total. The maximum atomic E-state index is 12.3. The van der Waals surface area contributed by atoms with E-state index in [1.54, 1.807) is 24.3 Å². The Bertz CT molecular complexity index is 1100. The Morgan fingerprint density at radius 3 is 1.29 bits per heavy atom. The van der Waals surface area contributed by atoms with Gasteiger partial charge in [-0.15, -0.1) is 0 Å². The number of carbonyl (C=O) groups excluding carboxylic acids is 2. The first-order chi connectivity index (χ1) is 16.4. The Balaban J connectivity index is 1.61. The minimum Gasteiger partial charge on any atom is -0.423 e. The Kier molecular flexibility index (Phi) is 8.58. The van der Waals surface area contributed by atoms with Gasteiger partial charge in [-0.2, -0.15) is 0 Å². The highest BCUT2D eigenvalue weighted by Crippen LogP contribution is 2.29. The van der Waals surface area contributed by atoms with Gasteiger partial charge in [0.1, 0.15) is 11.5 Å². The van der Waals surface area contributed by atoms with Crippen molar-refractivity contribution < 1.29 is 19.1 Å². The average Bonchev–Trinajstić information content (AvgIpc) is 2.86. The van der Waals surface area contributed by atoms with Gasteiger partial charge < -0.3 is 9.47 Å². The smallest absolute Gasteiger partial charge is 0.336 e. The molecule has 0 saturated carbocycles. The lowest BCUT2D eigenvalue weighted by atomic mass is 10.1. The molecule has 4 heteroatoms. The second-order valence-electron chi connectivity index (χ2n) is 8.01. The van der Waals surface area contributed by atoms with Crippen LogP contribution in [0.15, 0.2) is 72.8 Å². The molecule has 0 aliphatic rings. The summed E-state index contributed by atoms with van der Waals surface area (Å²) in [5, 5.41) is 0. The van der Waals surface area contributed by atoms with E-state index in [1.165, 1.54) is 23.3 Å². The van der Waals surface area contributed by atoms with Crippen molar-refractivity contribution in [2.45, 2.75) is 40.5 Å². The van der Waals surface area contributed by atoms with Gasteiger partial charge in [-0.25, -0.2) is 9.59 Å². The number of ether oxygens (including phenoxy) is 2. The van der Waals surface area contributed by atoms with Gasteiger partial charge in [0.25, 0.3) is 0 Å². The van der Waals surface area contributed by atoms with Gasteiger partial charge in [0.2, 0.25) is 0 Å². The van der Waals surface area contributed by atoms with Crippen LogP contribution in [0.2, 0.25) is 0 Å². The van der Waals surface area contributed by atoms with Crippen LogP contribution in [0, 0.1) is 13.8 Å². The maximum absolute atomic E-state index is 12.3. The molecule has 0 radical (unpaired) electrons. The Labute approximate surface area is 201 Å². The van der Waals surface area contributed by atoms with Crippen LogP contribution in [0.3, 0.4) is 0 Å². The summed E-state index contributed by atoms with van der Waals surface area (Å²) >= 11 is 0. The van der Waals surface area contributed by atoms with Crippen LogP contribution in [0.4, 0.5) is 0 Å². The van der Waals surface area contributed by atoms with E-state index >= 15 is 0 Å². The molecule has 0 aliphatic heterocycles. The van der Waals surface area contributed by atoms with E-state index in [0.717, 1.165) is 35.1 Å². The fraction of sp³-hybridized carbons (Fsp3) is 0.200. The molecule has 0 saturated heterocycles. The van der Waals surface area contributed by atoms with Gasteiger partial charge in [0, 0.05) is 12.2 Å². The summed E-state index contributed by atoms with van der Waals surface area (Å²) in [5.74, 6) is -0.0765. The molecular weight excluding hydrogens is 424 g/mol. The van der Waals surface area contributed by atoms with Crippen molar-refractivity contribution in [3.05, 3.63) is 106 Å². The van der Waals surface area contributed by atoms with Crippen molar-refractivity contribution in [3.63, 3.8) is 0 Å². The van der Waals surface area contributed by atoms with E-state index < -0.39 is 11.9 Å². The number of benzene rings is 3. The minimum absolute atomic E-state index is 0.430. The second kappa shape index (κ2) is 11.8. The summed E-state index contributed by atoms with van der Waals surface area (Å²) in [7, 11) is 0. The standard InChI is InChI=1S/C30H30O4/c1-5-23-7-11-25(12-8-23)15-19-29(31)33-27-17-18-28(22(4)21(27)3)34-30(32)20-16-26-13-9-24(6-2)10-14-26/h7-20H,5-6H2,1-4H3/b19-15+,20-16+. The van der Waals surface area contributed by atoms with Gasteiger partial charge in [0.15, 0.2) is 0 Å². The molecule has 0 fully saturated rings. The molecule has 3 aromatic carbocycles. The van der Waals surface area contributed by atoms with Crippen molar-refractivity contribution >= 4 is 24.1 Å². The van der Waals surface area contributed by atoms with E-state index in [1.807, 2.05) is 62.4 Å². The highest BCUT2D eigenvalue weighted by atomic mass is 16.5. The number of carbonyl (C=O) groups is 2. The number of aryl methyl sites for hydroxylation is 2. The second-order valence-corrected chi connectivity index (χ2v) is 8.01. The molecule has 0 unspecified atom stereocenters. The zero-order chi connectivity index (χ0) is 24.5. The molecule has 0 atom stereocenters. The SMILES string of the molecule is CCc1ccc(/C=C/C(=O)Oc2ccc(OC(=O)/C=C/c3ccc(CC)cc3)c(C)c2C)cc1. The van der Waals surface area contributed by atoms with Crippen molar-refractivity contribution in [1.29, 1.82) is 0 Å². The third-order valence-corrected chi connectivity index (χ3v) is 5.71. The Morgan fingerprint density at radius 2 is 0.971 bits per heavy atom. The molecule has 3 rings (SSSR count). The molecule has 174 valence electrons. The Morgan fingerprint density at radius 1 is 0.618 bits per heavy atom. The molecule has 0 heterocycles. The third kappa shape index (κ3) is 6.79. The number of rotatable bonds is 8. The molecule has 3 aromatic rings. The van der Waals surface area contributed by atoms with Crippen molar-refractivity contribution in [2.24, 2.45) is 0 Å². The topological polar surface area (TPSA) is 52.6 Å². The van der Waals surface area contributed by atoms with Crippen molar-refractivity contribution in [1.82, 2.24) is 0 Å². The van der Waals surface area contributed by atoms with Crippen molar-refractivity contribution in [2.75, 3.05) is 0 Å². The average molecular weight is 455 g/mol. The fourth-order valence-corrected chi connectivity index (χ4v) is 3.33. The predicted molar refractivity (Wildman–Crippen MR) is 137 cm³/mol. The molecule has 0 bridgehead atoms. The molecule has 4 nitrogen and oxygen atoms in total. The first-order valence-corrected chi connectivity index (χ1v) is 11.5.